The maximum atomic E-state index is 6.26. The smallest absolute Gasteiger partial charge is 0.119 e. The second kappa shape index (κ2) is 5.43. The first-order valence-electron chi connectivity index (χ1n) is 8.19. The number of nitrogens with one attached hydrogen (secondary N) is 1. The van der Waals surface area contributed by atoms with Crippen LogP contribution in [0.4, 0.5) is 0 Å². The van der Waals surface area contributed by atoms with E-state index in [1.807, 2.05) is 6.07 Å². The molecule has 0 saturated carbocycles. The van der Waals surface area contributed by atoms with Crippen LogP contribution < -0.4 is 10.5 Å². The van der Waals surface area contributed by atoms with E-state index in [1.165, 1.54) is 27.7 Å². The van der Waals surface area contributed by atoms with Crippen LogP contribution in [0.25, 0.3) is 10.9 Å². The normalized spacial score (nSPS) is 20.4. The quantitative estimate of drug-likeness (QED) is 0.777. The summed E-state index contributed by atoms with van der Waals surface area (Å²) in [6, 6.07) is 17.0. The van der Waals surface area contributed by atoms with Crippen molar-refractivity contribution in [2.45, 2.75) is 24.7 Å². The molecule has 0 bridgehead atoms. The molecular formula is C20H22N2O. The third kappa shape index (κ3) is 2.23. The number of benzene rings is 2. The Balaban J connectivity index is 1.84. The van der Waals surface area contributed by atoms with E-state index in [1.54, 1.807) is 7.11 Å². The number of nitrogens with two attached hydrogens (primary N) is 1. The molecule has 23 heavy (non-hydrogen) atoms. The fourth-order valence-corrected chi connectivity index (χ4v) is 3.95. The Bertz CT molecular complexity index is 837. The van der Waals surface area contributed by atoms with Crippen molar-refractivity contribution in [3.05, 3.63) is 65.4 Å². The number of ether oxygens (including phenoxy) is 1. The molecule has 0 radical (unpaired) electrons. The lowest BCUT2D eigenvalue weighted by atomic mass is 9.68. The van der Waals surface area contributed by atoms with Crippen molar-refractivity contribution in [3.63, 3.8) is 0 Å². The average Bonchev–Trinajstić information content (AvgIpc) is 2.99. The van der Waals surface area contributed by atoms with E-state index in [4.69, 9.17) is 10.5 Å². The van der Waals surface area contributed by atoms with Crippen molar-refractivity contribution in [2.75, 3.05) is 13.7 Å². The van der Waals surface area contributed by atoms with Crippen LogP contribution in [0.2, 0.25) is 0 Å². The maximum absolute atomic E-state index is 6.26. The molecule has 3 N–H and O–H groups in total. The van der Waals surface area contributed by atoms with E-state index in [2.05, 4.69) is 47.4 Å². The number of aromatic amines is 1. The average molecular weight is 306 g/mol. The summed E-state index contributed by atoms with van der Waals surface area (Å²) in [7, 11) is 1.72. The van der Waals surface area contributed by atoms with Gasteiger partial charge in [0.25, 0.3) is 0 Å². The van der Waals surface area contributed by atoms with Crippen molar-refractivity contribution < 1.29 is 4.74 Å². The van der Waals surface area contributed by atoms with Crippen LogP contribution in [-0.4, -0.2) is 18.6 Å². The Hall–Kier alpha value is -2.26. The fourth-order valence-electron chi connectivity index (χ4n) is 3.95. The number of H-pyrrole nitrogens is 1. The Morgan fingerprint density at radius 2 is 2.00 bits per heavy atom. The van der Waals surface area contributed by atoms with Gasteiger partial charge in [-0.2, -0.15) is 0 Å². The van der Waals surface area contributed by atoms with Gasteiger partial charge in [0.15, 0.2) is 0 Å². The molecule has 1 aliphatic carbocycles. The zero-order valence-electron chi connectivity index (χ0n) is 13.4. The van der Waals surface area contributed by atoms with Crippen molar-refractivity contribution in [1.29, 1.82) is 0 Å². The SMILES string of the molecule is COc1ccc2[nH]c3c(c2c1)CC(CN)(c1ccccc1)CC3. The van der Waals surface area contributed by atoms with Gasteiger partial charge in [-0.1, -0.05) is 30.3 Å². The fraction of sp³-hybridized carbons (Fsp3) is 0.300. The molecule has 1 aromatic heterocycles. The van der Waals surface area contributed by atoms with Crippen LogP contribution in [0.5, 0.6) is 5.75 Å². The van der Waals surface area contributed by atoms with Gasteiger partial charge < -0.3 is 15.5 Å². The molecule has 1 unspecified atom stereocenters. The van der Waals surface area contributed by atoms with Crippen LogP contribution >= 0.6 is 0 Å². The molecule has 2 aromatic carbocycles. The lowest BCUT2D eigenvalue weighted by Crippen LogP contribution is -2.40. The van der Waals surface area contributed by atoms with E-state index in [9.17, 15) is 0 Å². The maximum Gasteiger partial charge on any atom is 0.119 e. The zero-order valence-corrected chi connectivity index (χ0v) is 13.4. The Morgan fingerprint density at radius 3 is 2.74 bits per heavy atom. The van der Waals surface area contributed by atoms with Gasteiger partial charge in [-0.25, -0.2) is 0 Å². The molecular weight excluding hydrogens is 284 g/mol. The van der Waals surface area contributed by atoms with Gasteiger partial charge in [0, 0.05) is 28.6 Å². The van der Waals surface area contributed by atoms with Crippen LogP contribution in [0.15, 0.2) is 48.5 Å². The Kier molecular flexibility index (Phi) is 3.38. The van der Waals surface area contributed by atoms with E-state index in [0.29, 0.717) is 6.54 Å². The molecule has 0 spiro atoms. The summed E-state index contributed by atoms with van der Waals surface area (Å²) < 4.78 is 5.41. The lowest BCUT2D eigenvalue weighted by molar-refractivity contribution is 0.380. The second-order valence-electron chi connectivity index (χ2n) is 6.52. The largest absolute Gasteiger partial charge is 0.497 e. The first-order chi connectivity index (χ1) is 11.3. The molecule has 3 aromatic rings. The zero-order chi connectivity index (χ0) is 15.9. The summed E-state index contributed by atoms with van der Waals surface area (Å²) in [5, 5.41) is 1.27. The van der Waals surface area contributed by atoms with E-state index >= 15 is 0 Å². The number of rotatable bonds is 3. The van der Waals surface area contributed by atoms with Crippen molar-refractivity contribution in [3.8, 4) is 5.75 Å². The first kappa shape index (κ1) is 14.3. The van der Waals surface area contributed by atoms with Crippen LogP contribution in [-0.2, 0) is 18.3 Å². The highest BCUT2D eigenvalue weighted by Crippen LogP contribution is 2.41. The molecule has 4 rings (SSSR count). The molecule has 118 valence electrons. The molecule has 0 amide bonds. The van der Waals surface area contributed by atoms with Crippen molar-refractivity contribution in [1.82, 2.24) is 4.98 Å². The summed E-state index contributed by atoms with van der Waals surface area (Å²) in [6.45, 7) is 0.674. The summed E-state index contributed by atoms with van der Waals surface area (Å²) in [6.07, 6.45) is 3.11. The minimum absolute atomic E-state index is 0.0342. The second-order valence-corrected chi connectivity index (χ2v) is 6.52. The Morgan fingerprint density at radius 1 is 1.17 bits per heavy atom. The van der Waals surface area contributed by atoms with Gasteiger partial charge in [-0.05, 0) is 48.6 Å². The van der Waals surface area contributed by atoms with Crippen LogP contribution in [0, 0.1) is 0 Å². The van der Waals surface area contributed by atoms with Crippen molar-refractivity contribution >= 4 is 10.9 Å². The number of aryl methyl sites for hydroxylation is 1. The molecule has 1 heterocycles. The number of methoxy groups -OCH3 is 1. The summed E-state index contributed by atoms with van der Waals surface area (Å²) in [5.74, 6) is 0.905. The predicted octanol–water partition coefficient (Wildman–Crippen LogP) is 3.56. The number of hydrogen-bond donors (Lipinski definition) is 2. The van der Waals surface area contributed by atoms with Gasteiger partial charge >= 0.3 is 0 Å². The lowest BCUT2D eigenvalue weighted by Gasteiger charge is -2.37. The first-order valence-corrected chi connectivity index (χ1v) is 8.19. The molecule has 3 nitrogen and oxygen atoms in total. The number of hydrogen-bond acceptors (Lipinski definition) is 2. The van der Waals surface area contributed by atoms with Crippen molar-refractivity contribution in [2.24, 2.45) is 5.73 Å². The highest BCUT2D eigenvalue weighted by atomic mass is 16.5. The molecule has 1 atom stereocenters. The number of aromatic nitrogens is 1. The van der Waals surface area contributed by atoms with E-state index in [0.717, 1.165) is 25.0 Å². The van der Waals surface area contributed by atoms with E-state index in [-0.39, 0.29) is 5.41 Å². The molecule has 0 fully saturated rings. The van der Waals surface area contributed by atoms with Gasteiger partial charge in [0.1, 0.15) is 5.75 Å². The van der Waals surface area contributed by atoms with Gasteiger partial charge in [0.05, 0.1) is 7.11 Å². The predicted molar refractivity (Wildman–Crippen MR) is 94.1 cm³/mol. The summed E-state index contributed by atoms with van der Waals surface area (Å²) in [4.78, 5) is 3.58. The third-order valence-electron chi connectivity index (χ3n) is 5.35. The minimum Gasteiger partial charge on any atom is -0.497 e. The monoisotopic (exact) mass is 306 g/mol. The van der Waals surface area contributed by atoms with Crippen LogP contribution in [0.1, 0.15) is 23.2 Å². The molecule has 0 saturated heterocycles. The number of fused-ring (bicyclic) bond motifs is 3. The summed E-state index contributed by atoms with van der Waals surface area (Å²) >= 11 is 0. The highest BCUT2D eigenvalue weighted by molar-refractivity contribution is 5.86. The van der Waals surface area contributed by atoms with Crippen LogP contribution in [0.3, 0.4) is 0 Å². The van der Waals surface area contributed by atoms with E-state index < -0.39 is 0 Å². The minimum atomic E-state index is 0.0342. The molecule has 1 aliphatic rings. The van der Waals surface area contributed by atoms with Gasteiger partial charge in [-0.3, -0.25) is 0 Å². The Labute approximate surface area is 136 Å². The molecule has 3 heteroatoms. The topological polar surface area (TPSA) is 51.0 Å². The third-order valence-corrected chi connectivity index (χ3v) is 5.35. The van der Waals surface area contributed by atoms with Gasteiger partial charge in [-0.15, -0.1) is 0 Å². The standard InChI is InChI=1S/C20H22N2O/c1-23-15-7-8-18-16(11-15)17-12-20(13-21,10-9-19(17)22-18)14-5-3-2-4-6-14/h2-8,11,22H,9-10,12-13,21H2,1H3. The highest BCUT2D eigenvalue weighted by Gasteiger charge is 2.36. The molecule has 0 aliphatic heterocycles. The van der Waals surface area contributed by atoms with Gasteiger partial charge in [0.2, 0.25) is 0 Å². The summed E-state index contributed by atoms with van der Waals surface area (Å²) in [5.41, 5.74) is 11.6.